The fourth-order valence-corrected chi connectivity index (χ4v) is 2.07. The Morgan fingerprint density at radius 3 is 2.06 bits per heavy atom. The predicted molar refractivity (Wildman–Crippen MR) is 82.0 cm³/mol. The predicted octanol–water partition coefficient (Wildman–Crippen LogP) is 4.71. The summed E-state index contributed by atoms with van der Waals surface area (Å²) in [5, 5.41) is 0.342. The number of hydrogen-bond acceptors (Lipinski definition) is 1. The number of rotatable bonds is 4. The lowest BCUT2D eigenvalue weighted by Gasteiger charge is -2.28. The number of hydrogen-bond donors (Lipinski definition) is 0. The lowest BCUT2D eigenvalue weighted by atomic mass is 10.1. The van der Waals surface area contributed by atoms with E-state index in [2.05, 4.69) is 68.9 Å². The third-order valence-corrected chi connectivity index (χ3v) is 8.13. The van der Waals surface area contributed by atoms with Gasteiger partial charge < -0.3 is 4.74 Å². The Morgan fingerprint density at radius 1 is 1.18 bits per heavy atom. The molecule has 0 bridgehead atoms. The largest absolute Gasteiger partial charge is 0.493 e. The molecule has 0 aromatic heterocycles. The van der Waals surface area contributed by atoms with E-state index in [1.807, 2.05) is 0 Å². The van der Waals surface area contributed by atoms with Crippen LogP contribution in [0.1, 0.15) is 25.0 Å². The van der Waals surface area contributed by atoms with E-state index in [9.17, 15) is 0 Å². The minimum Gasteiger partial charge on any atom is -0.493 e. The number of halogens is 1. The van der Waals surface area contributed by atoms with Gasteiger partial charge in [-0.05, 0) is 42.1 Å². The Balaban J connectivity index is 2.77. The first-order valence-corrected chi connectivity index (χ1v) is 9.81. The van der Waals surface area contributed by atoms with Gasteiger partial charge in [-0.2, -0.15) is 0 Å². The van der Waals surface area contributed by atoms with Gasteiger partial charge in [0.1, 0.15) is 5.75 Å². The van der Waals surface area contributed by atoms with Crippen LogP contribution in [0.4, 0.5) is 0 Å². The SMILES string of the molecule is Cc1cc(OCC(C)(C)[SiH](C)C)cc(C)c1Br. The highest BCUT2D eigenvalue weighted by atomic mass is 79.9. The summed E-state index contributed by atoms with van der Waals surface area (Å²) in [7, 11) is -0.690. The van der Waals surface area contributed by atoms with Gasteiger partial charge in [-0.1, -0.05) is 42.9 Å². The molecular formula is C14H23BrOSi. The summed E-state index contributed by atoms with van der Waals surface area (Å²) in [6, 6.07) is 4.21. The molecule has 0 unspecified atom stereocenters. The van der Waals surface area contributed by atoms with Crippen LogP contribution in [-0.2, 0) is 0 Å². The molecule has 1 nitrogen and oxygen atoms in total. The van der Waals surface area contributed by atoms with E-state index >= 15 is 0 Å². The Labute approximate surface area is 115 Å². The van der Waals surface area contributed by atoms with Crippen LogP contribution in [0.3, 0.4) is 0 Å². The van der Waals surface area contributed by atoms with Gasteiger partial charge in [0.25, 0.3) is 0 Å². The summed E-state index contributed by atoms with van der Waals surface area (Å²) in [6.45, 7) is 14.4. The summed E-state index contributed by atoms with van der Waals surface area (Å²) in [5.41, 5.74) is 2.47. The second kappa shape index (κ2) is 5.57. The van der Waals surface area contributed by atoms with Crippen LogP contribution in [0.5, 0.6) is 5.75 Å². The molecule has 1 rings (SSSR count). The normalized spacial score (nSPS) is 12.0. The molecule has 0 aliphatic heterocycles. The van der Waals surface area contributed by atoms with Crippen molar-refractivity contribution in [2.75, 3.05) is 6.61 Å². The maximum Gasteiger partial charge on any atom is 0.119 e. The molecule has 0 heterocycles. The molecule has 0 saturated heterocycles. The van der Waals surface area contributed by atoms with E-state index in [0.29, 0.717) is 5.04 Å². The van der Waals surface area contributed by atoms with Gasteiger partial charge in [-0.3, -0.25) is 0 Å². The maximum absolute atomic E-state index is 5.96. The molecule has 0 aliphatic carbocycles. The third-order valence-electron chi connectivity index (χ3n) is 3.58. The number of ether oxygens (including phenoxy) is 1. The Bertz CT molecular complexity index is 376. The number of benzene rings is 1. The molecule has 0 spiro atoms. The Kier molecular flexibility index (Phi) is 4.84. The van der Waals surface area contributed by atoms with Gasteiger partial charge in [0.15, 0.2) is 0 Å². The molecule has 0 fully saturated rings. The highest BCUT2D eigenvalue weighted by molar-refractivity contribution is 9.10. The Hall–Kier alpha value is -0.283. The highest BCUT2D eigenvalue weighted by Gasteiger charge is 2.24. The first kappa shape index (κ1) is 14.8. The van der Waals surface area contributed by atoms with Gasteiger partial charge in [0.05, 0.1) is 6.61 Å². The average Bonchev–Trinajstić information content (AvgIpc) is 2.22. The van der Waals surface area contributed by atoms with Gasteiger partial charge in [-0.15, -0.1) is 0 Å². The molecule has 0 saturated carbocycles. The van der Waals surface area contributed by atoms with Crippen LogP contribution in [0.25, 0.3) is 0 Å². The van der Waals surface area contributed by atoms with Crippen LogP contribution in [0.2, 0.25) is 18.1 Å². The zero-order valence-corrected chi connectivity index (χ0v) is 14.5. The molecule has 3 heteroatoms. The van der Waals surface area contributed by atoms with E-state index in [1.165, 1.54) is 15.6 Å². The lowest BCUT2D eigenvalue weighted by Crippen LogP contribution is -2.27. The summed E-state index contributed by atoms with van der Waals surface area (Å²) in [5.74, 6) is 0.992. The van der Waals surface area contributed by atoms with Gasteiger partial charge in [0, 0.05) is 13.3 Å². The summed E-state index contributed by atoms with van der Waals surface area (Å²) < 4.78 is 7.15. The van der Waals surface area contributed by atoms with Crippen LogP contribution < -0.4 is 4.74 Å². The van der Waals surface area contributed by atoms with Crippen molar-refractivity contribution in [3.05, 3.63) is 27.7 Å². The molecular weight excluding hydrogens is 292 g/mol. The van der Waals surface area contributed by atoms with E-state index in [-0.39, 0.29) is 0 Å². The summed E-state index contributed by atoms with van der Waals surface area (Å²) >= 11 is 3.58. The van der Waals surface area contributed by atoms with Crippen molar-refractivity contribution in [2.24, 2.45) is 0 Å². The maximum atomic E-state index is 5.96. The first-order valence-electron chi connectivity index (χ1n) is 6.13. The zero-order valence-electron chi connectivity index (χ0n) is 11.7. The molecule has 0 aliphatic rings. The fraction of sp³-hybridized carbons (Fsp3) is 0.571. The third kappa shape index (κ3) is 3.85. The van der Waals surface area contributed by atoms with E-state index in [4.69, 9.17) is 4.74 Å². The van der Waals surface area contributed by atoms with Gasteiger partial charge in [0.2, 0.25) is 0 Å². The van der Waals surface area contributed by atoms with Crippen molar-refractivity contribution >= 4 is 24.7 Å². The second-order valence-corrected chi connectivity index (χ2v) is 10.5. The van der Waals surface area contributed by atoms with Crippen molar-refractivity contribution < 1.29 is 4.74 Å². The topological polar surface area (TPSA) is 9.23 Å². The van der Waals surface area contributed by atoms with Gasteiger partial charge >= 0.3 is 0 Å². The quantitative estimate of drug-likeness (QED) is 0.731. The zero-order chi connectivity index (χ0) is 13.2. The Morgan fingerprint density at radius 2 is 1.65 bits per heavy atom. The molecule has 96 valence electrons. The summed E-state index contributed by atoms with van der Waals surface area (Å²) in [4.78, 5) is 0. The standard InChI is InChI=1S/C14H23BrOSi/c1-10-7-12(8-11(2)13(10)15)16-9-14(3,4)17(5)6/h7-8,17H,9H2,1-6H3. The monoisotopic (exact) mass is 314 g/mol. The van der Waals surface area contributed by atoms with E-state index in [0.717, 1.165) is 12.4 Å². The molecule has 0 N–H and O–H groups in total. The lowest BCUT2D eigenvalue weighted by molar-refractivity contribution is 0.276. The van der Waals surface area contributed by atoms with E-state index in [1.54, 1.807) is 0 Å². The summed E-state index contributed by atoms with van der Waals surface area (Å²) in [6.07, 6.45) is 0. The van der Waals surface area contributed by atoms with Gasteiger partial charge in [-0.25, -0.2) is 0 Å². The molecule has 17 heavy (non-hydrogen) atoms. The molecule has 0 atom stereocenters. The second-order valence-electron chi connectivity index (χ2n) is 5.80. The smallest absolute Gasteiger partial charge is 0.119 e. The fourth-order valence-electron chi connectivity index (χ4n) is 1.43. The van der Waals surface area contributed by atoms with Crippen molar-refractivity contribution in [3.8, 4) is 5.75 Å². The van der Waals surface area contributed by atoms with Crippen LogP contribution >= 0.6 is 15.9 Å². The van der Waals surface area contributed by atoms with Crippen molar-refractivity contribution in [2.45, 2.75) is 45.8 Å². The van der Waals surface area contributed by atoms with Crippen LogP contribution in [-0.4, -0.2) is 15.4 Å². The molecule has 0 radical (unpaired) electrons. The molecule has 1 aromatic carbocycles. The molecule has 0 amide bonds. The minimum absolute atomic E-state index is 0.342. The molecule has 1 aromatic rings. The van der Waals surface area contributed by atoms with Crippen LogP contribution in [0.15, 0.2) is 16.6 Å². The van der Waals surface area contributed by atoms with Crippen molar-refractivity contribution in [3.63, 3.8) is 0 Å². The van der Waals surface area contributed by atoms with E-state index < -0.39 is 8.80 Å². The highest BCUT2D eigenvalue weighted by Crippen LogP contribution is 2.31. The van der Waals surface area contributed by atoms with Crippen LogP contribution in [0, 0.1) is 13.8 Å². The number of aryl methyl sites for hydroxylation is 2. The van der Waals surface area contributed by atoms with Crippen molar-refractivity contribution in [1.29, 1.82) is 0 Å². The first-order chi connectivity index (χ1) is 7.74. The average molecular weight is 315 g/mol. The van der Waals surface area contributed by atoms with Crippen molar-refractivity contribution in [1.82, 2.24) is 0 Å². The minimum atomic E-state index is -0.690.